The lowest BCUT2D eigenvalue weighted by Gasteiger charge is -2.23. The first kappa shape index (κ1) is 23.0. The maximum absolute atomic E-state index is 12.9. The molecule has 0 radical (unpaired) electrons. The fraction of sp³-hybridized carbons (Fsp3) is 0.231. The monoisotopic (exact) mass is 433 g/mol. The molecule has 0 unspecified atom stereocenters. The van der Waals surface area contributed by atoms with Crippen LogP contribution in [0.1, 0.15) is 34.6 Å². The van der Waals surface area contributed by atoms with Gasteiger partial charge < -0.3 is 19.9 Å². The summed E-state index contributed by atoms with van der Waals surface area (Å²) in [6, 6.07) is 21.2. The fourth-order valence-corrected chi connectivity index (χ4v) is 3.27. The van der Waals surface area contributed by atoms with E-state index in [1.54, 1.807) is 43.5 Å². The number of carbonyl (C=O) groups excluding carboxylic acids is 1. The van der Waals surface area contributed by atoms with Crippen molar-refractivity contribution >= 4 is 17.6 Å². The second-order valence-corrected chi connectivity index (χ2v) is 8.30. The summed E-state index contributed by atoms with van der Waals surface area (Å²) in [5.41, 5.74) is 2.13. The highest BCUT2D eigenvalue weighted by Gasteiger charge is 2.20. The summed E-state index contributed by atoms with van der Waals surface area (Å²) in [6.45, 7) is 5.17. The summed E-state index contributed by atoms with van der Waals surface area (Å²) in [4.78, 5) is 24.6. The van der Waals surface area contributed by atoms with E-state index in [0.717, 1.165) is 11.1 Å². The standard InChI is InChI=1S/C26H27NO5/c1-26(2,16-31-3)17-32-21-12-10-20(11-13-21)27-24(28)23-15-19(9-14-22(23)25(29)30)18-7-5-4-6-8-18/h4-15H,16-17H2,1-3H3,(H,27,28)(H,29,30). The predicted molar refractivity (Wildman–Crippen MR) is 124 cm³/mol. The van der Waals surface area contributed by atoms with Gasteiger partial charge in [0.05, 0.1) is 24.3 Å². The van der Waals surface area contributed by atoms with Crippen LogP contribution in [0.3, 0.4) is 0 Å². The number of hydrogen-bond donors (Lipinski definition) is 2. The third-order valence-electron chi connectivity index (χ3n) is 4.88. The lowest BCUT2D eigenvalue weighted by atomic mass is 9.96. The maximum atomic E-state index is 12.9. The molecule has 0 spiro atoms. The summed E-state index contributed by atoms with van der Waals surface area (Å²) in [6.07, 6.45) is 0. The smallest absolute Gasteiger partial charge is 0.336 e. The molecule has 0 aliphatic heterocycles. The largest absolute Gasteiger partial charge is 0.493 e. The number of benzene rings is 3. The maximum Gasteiger partial charge on any atom is 0.336 e. The highest BCUT2D eigenvalue weighted by Crippen LogP contribution is 2.25. The minimum absolute atomic E-state index is 0.0532. The van der Waals surface area contributed by atoms with Gasteiger partial charge in [-0.2, -0.15) is 0 Å². The normalized spacial score (nSPS) is 11.1. The molecule has 166 valence electrons. The highest BCUT2D eigenvalue weighted by atomic mass is 16.5. The molecule has 0 fully saturated rings. The average molecular weight is 434 g/mol. The third kappa shape index (κ3) is 5.95. The van der Waals surface area contributed by atoms with Crippen LogP contribution in [0.4, 0.5) is 5.69 Å². The number of carboxylic acids is 1. The van der Waals surface area contributed by atoms with E-state index in [9.17, 15) is 14.7 Å². The van der Waals surface area contributed by atoms with Crippen LogP contribution in [-0.4, -0.2) is 37.3 Å². The van der Waals surface area contributed by atoms with Gasteiger partial charge in [-0.15, -0.1) is 0 Å². The minimum Gasteiger partial charge on any atom is -0.493 e. The molecule has 0 saturated carbocycles. The zero-order chi connectivity index (χ0) is 23.1. The van der Waals surface area contributed by atoms with Crippen LogP contribution in [0.15, 0.2) is 72.8 Å². The van der Waals surface area contributed by atoms with Crippen molar-refractivity contribution in [2.24, 2.45) is 5.41 Å². The van der Waals surface area contributed by atoms with Crippen LogP contribution in [0.2, 0.25) is 0 Å². The van der Waals surface area contributed by atoms with Crippen LogP contribution in [0, 0.1) is 5.41 Å². The number of aromatic carboxylic acids is 1. The van der Waals surface area contributed by atoms with Gasteiger partial charge in [-0.1, -0.05) is 50.2 Å². The average Bonchev–Trinajstić information content (AvgIpc) is 2.78. The summed E-state index contributed by atoms with van der Waals surface area (Å²) in [5, 5.41) is 12.3. The van der Waals surface area contributed by atoms with Gasteiger partial charge in [0.15, 0.2) is 0 Å². The molecular formula is C26H27NO5. The highest BCUT2D eigenvalue weighted by molar-refractivity contribution is 6.11. The molecule has 2 N–H and O–H groups in total. The Morgan fingerprint density at radius 1 is 0.875 bits per heavy atom. The van der Waals surface area contributed by atoms with Gasteiger partial charge in [-0.3, -0.25) is 4.79 Å². The van der Waals surface area contributed by atoms with E-state index in [4.69, 9.17) is 9.47 Å². The molecule has 3 aromatic carbocycles. The molecule has 0 aromatic heterocycles. The van der Waals surface area contributed by atoms with Gasteiger partial charge in [-0.05, 0) is 47.5 Å². The molecular weight excluding hydrogens is 406 g/mol. The number of methoxy groups -OCH3 is 1. The number of carboxylic acid groups (broad SMARTS) is 1. The van der Waals surface area contributed by atoms with Crippen molar-refractivity contribution in [2.45, 2.75) is 13.8 Å². The predicted octanol–water partition coefficient (Wildman–Crippen LogP) is 5.36. The first-order valence-corrected chi connectivity index (χ1v) is 10.2. The second kappa shape index (κ2) is 10.1. The van der Waals surface area contributed by atoms with Crippen molar-refractivity contribution in [3.05, 3.63) is 83.9 Å². The molecule has 3 aromatic rings. The lowest BCUT2D eigenvalue weighted by Crippen LogP contribution is -2.26. The van der Waals surface area contributed by atoms with Gasteiger partial charge in [0.25, 0.3) is 5.91 Å². The molecule has 6 heteroatoms. The lowest BCUT2D eigenvalue weighted by molar-refractivity contribution is 0.0644. The molecule has 0 bridgehead atoms. The van der Waals surface area contributed by atoms with E-state index in [1.807, 2.05) is 30.3 Å². The van der Waals surface area contributed by atoms with E-state index < -0.39 is 11.9 Å². The Hall–Kier alpha value is -3.64. The SMILES string of the molecule is COCC(C)(C)COc1ccc(NC(=O)c2cc(-c3ccccc3)ccc2C(=O)O)cc1. The summed E-state index contributed by atoms with van der Waals surface area (Å²) in [7, 11) is 1.66. The first-order chi connectivity index (χ1) is 15.3. The van der Waals surface area contributed by atoms with E-state index in [1.165, 1.54) is 6.07 Å². The van der Waals surface area contributed by atoms with Crippen molar-refractivity contribution in [3.63, 3.8) is 0 Å². The first-order valence-electron chi connectivity index (χ1n) is 10.2. The van der Waals surface area contributed by atoms with Crippen LogP contribution >= 0.6 is 0 Å². The topological polar surface area (TPSA) is 84.9 Å². The summed E-state index contributed by atoms with van der Waals surface area (Å²) < 4.78 is 11.0. The Kier molecular flexibility index (Phi) is 7.28. The number of ether oxygens (including phenoxy) is 2. The van der Waals surface area contributed by atoms with Gasteiger partial charge in [-0.25, -0.2) is 4.79 Å². The van der Waals surface area contributed by atoms with Crippen LogP contribution < -0.4 is 10.1 Å². The Balaban J connectivity index is 1.75. The van der Waals surface area contributed by atoms with Gasteiger partial charge in [0, 0.05) is 18.2 Å². The van der Waals surface area contributed by atoms with E-state index in [2.05, 4.69) is 19.2 Å². The van der Waals surface area contributed by atoms with Crippen molar-refractivity contribution < 1.29 is 24.2 Å². The van der Waals surface area contributed by atoms with Crippen LogP contribution in [-0.2, 0) is 4.74 Å². The quantitative estimate of drug-likeness (QED) is 0.475. The number of nitrogens with one attached hydrogen (secondary N) is 1. The third-order valence-corrected chi connectivity index (χ3v) is 4.88. The van der Waals surface area contributed by atoms with Gasteiger partial charge >= 0.3 is 5.97 Å². The Bertz CT molecular complexity index is 1080. The molecule has 0 aliphatic carbocycles. The zero-order valence-electron chi connectivity index (χ0n) is 18.4. The van der Waals surface area contributed by atoms with E-state index in [-0.39, 0.29) is 16.5 Å². The molecule has 0 aliphatic rings. The molecule has 1 amide bonds. The fourth-order valence-electron chi connectivity index (χ4n) is 3.27. The number of carbonyl (C=O) groups is 2. The number of hydrogen-bond acceptors (Lipinski definition) is 4. The Morgan fingerprint density at radius 3 is 2.19 bits per heavy atom. The molecule has 6 nitrogen and oxygen atoms in total. The van der Waals surface area contributed by atoms with E-state index >= 15 is 0 Å². The molecule has 0 atom stereocenters. The summed E-state index contributed by atoms with van der Waals surface area (Å²) >= 11 is 0. The van der Waals surface area contributed by atoms with Crippen LogP contribution in [0.25, 0.3) is 11.1 Å². The molecule has 0 saturated heterocycles. The van der Waals surface area contributed by atoms with Crippen molar-refractivity contribution in [3.8, 4) is 16.9 Å². The zero-order valence-corrected chi connectivity index (χ0v) is 18.4. The molecule has 3 rings (SSSR count). The second-order valence-electron chi connectivity index (χ2n) is 8.30. The van der Waals surface area contributed by atoms with Crippen molar-refractivity contribution in [1.82, 2.24) is 0 Å². The molecule has 0 heterocycles. The van der Waals surface area contributed by atoms with Gasteiger partial charge in [0.2, 0.25) is 0 Å². The van der Waals surface area contributed by atoms with Crippen LogP contribution in [0.5, 0.6) is 5.75 Å². The van der Waals surface area contributed by atoms with Crippen molar-refractivity contribution in [2.75, 3.05) is 25.6 Å². The summed E-state index contributed by atoms with van der Waals surface area (Å²) in [5.74, 6) is -0.975. The number of amides is 1. The minimum atomic E-state index is -1.16. The Labute approximate surface area is 187 Å². The Morgan fingerprint density at radius 2 is 1.56 bits per heavy atom. The molecule has 32 heavy (non-hydrogen) atoms. The number of rotatable bonds is 9. The van der Waals surface area contributed by atoms with E-state index in [0.29, 0.717) is 24.7 Å². The number of anilines is 1. The van der Waals surface area contributed by atoms with Gasteiger partial charge in [0.1, 0.15) is 5.75 Å². The van der Waals surface area contributed by atoms with Crippen molar-refractivity contribution in [1.29, 1.82) is 0 Å².